The zero-order valence-electron chi connectivity index (χ0n) is 17.3. The molecule has 1 N–H and O–H groups in total. The van der Waals surface area contributed by atoms with E-state index in [9.17, 15) is 9.59 Å². The van der Waals surface area contributed by atoms with Crippen molar-refractivity contribution in [3.63, 3.8) is 0 Å². The molecule has 0 saturated carbocycles. The molecule has 1 amide bonds. The highest BCUT2D eigenvalue weighted by Gasteiger charge is 2.18. The molecular weight excluding hydrogens is 370 g/mol. The number of hydrogen-bond acceptors (Lipinski definition) is 5. The normalized spacial score (nSPS) is 11.3. The molecule has 29 heavy (non-hydrogen) atoms. The first kappa shape index (κ1) is 20.7. The summed E-state index contributed by atoms with van der Waals surface area (Å²) < 4.78 is 8.36. The van der Waals surface area contributed by atoms with Gasteiger partial charge in [0.05, 0.1) is 28.6 Å². The van der Waals surface area contributed by atoms with Crippen LogP contribution in [-0.2, 0) is 16.1 Å². The van der Waals surface area contributed by atoms with Gasteiger partial charge < -0.3 is 10.1 Å². The summed E-state index contributed by atoms with van der Waals surface area (Å²) in [6, 6.07) is 9.62. The van der Waals surface area contributed by atoms with Crippen LogP contribution in [0.5, 0.6) is 0 Å². The minimum Gasteiger partial charge on any atom is -0.379 e. The molecule has 0 saturated heterocycles. The number of rotatable bonds is 8. The molecule has 0 aliphatic rings. The van der Waals surface area contributed by atoms with E-state index in [0.29, 0.717) is 30.8 Å². The van der Waals surface area contributed by atoms with Crippen LogP contribution in [0.3, 0.4) is 0 Å². The Morgan fingerprint density at radius 3 is 2.59 bits per heavy atom. The molecule has 0 aliphatic carbocycles. The molecule has 0 atom stereocenters. The first-order valence-electron chi connectivity index (χ1n) is 9.79. The van der Waals surface area contributed by atoms with E-state index in [4.69, 9.17) is 4.74 Å². The van der Waals surface area contributed by atoms with E-state index >= 15 is 0 Å². The third kappa shape index (κ3) is 4.71. The number of fused-ring (bicyclic) bond motifs is 1. The number of carbonyl (C=O) groups is 1. The minimum absolute atomic E-state index is 0.141. The van der Waals surface area contributed by atoms with Gasteiger partial charge in [0.1, 0.15) is 6.54 Å². The zero-order chi connectivity index (χ0) is 21.0. The van der Waals surface area contributed by atoms with Gasteiger partial charge in [0.15, 0.2) is 5.52 Å². The second kappa shape index (κ2) is 9.00. The smallest absolute Gasteiger partial charge is 0.295 e. The second-order valence-corrected chi connectivity index (χ2v) is 7.23. The fraction of sp³-hybridized carbons (Fsp3) is 0.429. The van der Waals surface area contributed by atoms with Crippen LogP contribution in [-0.4, -0.2) is 44.7 Å². The van der Waals surface area contributed by atoms with Crippen LogP contribution >= 0.6 is 0 Å². The summed E-state index contributed by atoms with van der Waals surface area (Å²) in [6.07, 6.45) is 0.882. The van der Waals surface area contributed by atoms with Gasteiger partial charge in [-0.1, -0.05) is 18.2 Å². The molecule has 0 spiro atoms. The van der Waals surface area contributed by atoms with Gasteiger partial charge in [0.2, 0.25) is 5.91 Å². The SMILES string of the molecule is Cc1nn(CC(=O)NCCCOC(C)C)c(=O)c2nn(-c3ccccc3)c(C)c12. The van der Waals surface area contributed by atoms with E-state index in [1.807, 2.05) is 58.0 Å². The molecule has 8 heteroatoms. The first-order valence-corrected chi connectivity index (χ1v) is 9.79. The lowest BCUT2D eigenvalue weighted by Gasteiger charge is -2.09. The second-order valence-electron chi connectivity index (χ2n) is 7.23. The van der Waals surface area contributed by atoms with Crippen molar-refractivity contribution in [3.05, 3.63) is 52.1 Å². The van der Waals surface area contributed by atoms with Gasteiger partial charge in [-0.15, -0.1) is 0 Å². The lowest BCUT2D eigenvalue weighted by Crippen LogP contribution is -2.35. The van der Waals surface area contributed by atoms with Gasteiger partial charge in [0.25, 0.3) is 5.56 Å². The van der Waals surface area contributed by atoms with Gasteiger partial charge in [0, 0.05) is 13.2 Å². The number of benzene rings is 1. The van der Waals surface area contributed by atoms with E-state index in [-0.39, 0.29) is 24.1 Å². The topological polar surface area (TPSA) is 91.0 Å². The summed E-state index contributed by atoms with van der Waals surface area (Å²) in [6.45, 7) is 8.60. The van der Waals surface area contributed by atoms with Crippen molar-refractivity contribution in [2.24, 2.45) is 0 Å². The van der Waals surface area contributed by atoms with Crippen LogP contribution in [0.15, 0.2) is 35.1 Å². The fourth-order valence-electron chi connectivity index (χ4n) is 3.22. The van der Waals surface area contributed by atoms with Crippen LogP contribution in [0, 0.1) is 13.8 Å². The molecule has 3 rings (SSSR count). The van der Waals surface area contributed by atoms with Crippen molar-refractivity contribution in [2.45, 2.75) is 46.8 Å². The fourth-order valence-corrected chi connectivity index (χ4v) is 3.22. The standard InChI is InChI=1S/C21H27N5O3/c1-14(2)29-12-8-11-22-18(27)13-25-21(28)20-19(15(3)23-25)16(4)26(24-20)17-9-6-5-7-10-17/h5-7,9-10,14H,8,11-13H2,1-4H3,(H,22,27). The first-order chi connectivity index (χ1) is 13.9. The highest BCUT2D eigenvalue weighted by atomic mass is 16.5. The molecule has 1 aromatic carbocycles. The van der Waals surface area contributed by atoms with Crippen molar-refractivity contribution >= 4 is 16.8 Å². The van der Waals surface area contributed by atoms with Crippen molar-refractivity contribution in [2.75, 3.05) is 13.2 Å². The van der Waals surface area contributed by atoms with Crippen LogP contribution < -0.4 is 10.9 Å². The summed E-state index contributed by atoms with van der Waals surface area (Å²) in [5.41, 5.74) is 2.32. The van der Waals surface area contributed by atoms with Gasteiger partial charge >= 0.3 is 0 Å². The molecule has 0 bridgehead atoms. The largest absolute Gasteiger partial charge is 0.379 e. The molecule has 2 heterocycles. The van der Waals surface area contributed by atoms with Crippen LogP contribution in [0.2, 0.25) is 0 Å². The average Bonchev–Trinajstić information content (AvgIpc) is 3.04. The van der Waals surface area contributed by atoms with Crippen LogP contribution in [0.4, 0.5) is 0 Å². The monoisotopic (exact) mass is 397 g/mol. The maximum absolute atomic E-state index is 12.9. The number of aromatic nitrogens is 4. The van der Waals surface area contributed by atoms with Gasteiger partial charge in [-0.2, -0.15) is 10.2 Å². The number of nitrogens with zero attached hydrogens (tertiary/aromatic N) is 4. The highest BCUT2D eigenvalue weighted by Crippen LogP contribution is 2.20. The van der Waals surface area contributed by atoms with Gasteiger partial charge in [-0.3, -0.25) is 9.59 Å². The summed E-state index contributed by atoms with van der Waals surface area (Å²) >= 11 is 0. The molecule has 2 aromatic heterocycles. The van der Waals surface area contributed by atoms with E-state index < -0.39 is 0 Å². The van der Waals surface area contributed by atoms with Crippen molar-refractivity contribution < 1.29 is 9.53 Å². The van der Waals surface area contributed by atoms with E-state index in [2.05, 4.69) is 15.5 Å². The quantitative estimate of drug-likeness (QED) is 0.588. The lowest BCUT2D eigenvalue weighted by atomic mass is 10.2. The summed E-state index contributed by atoms with van der Waals surface area (Å²) in [7, 11) is 0. The molecular formula is C21H27N5O3. The van der Waals surface area contributed by atoms with Crippen LogP contribution in [0.25, 0.3) is 16.6 Å². The number of para-hydroxylation sites is 1. The van der Waals surface area contributed by atoms with Gasteiger partial charge in [-0.25, -0.2) is 9.36 Å². The van der Waals surface area contributed by atoms with Crippen molar-refractivity contribution in [3.8, 4) is 5.69 Å². The molecule has 0 fully saturated rings. The van der Waals surface area contributed by atoms with Gasteiger partial charge in [-0.05, 0) is 46.2 Å². The number of ether oxygens (including phenoxy) is 1. The Labute approximate surface area is 169 Å². The number of carbonyl (C=O) groups excluding carboxylic acids is 1. The maximum Gasteiger partial charge on any atom is 0.295 e. The van der Waals surface area contributed by atoms with E-state index in [1.165, 1.54) is 4.68 Å². The third-order valence-corrected chi connectivity index (χ3v) is 4.57. The Bertz CT molecular complexity index is 1050. The van der Waals surface area contributed by atoms with E-state index in [0.717, 1.165) is 16.8 Å². The van der Waals surface area contributed by atoms with E-state index in [1.54, 1.807) is 4.68 Å². The Morgan fingerprint density at radius 2 is 1.90 bits per heavy atom. The number of hydrogen-bond donors (Lipinski definition) is 1. The number of amides is 1. The average molecular weight is 397 g/mol. The Balaban J connectivity index is 1.79. The summed E-state index contributed by atoms with van der Waals surface area (Å²) in [5, 5.41) is 12.4. The predicted molar refractivity (Wildman–Crippen MR) is 111 cm³/mol. The zero-order valence-corrected chi connectivity index (χ0v) is 17.3. The predicted octanol–water partition coefficient (Wildman–Crippen LogP) is 2.13. The third-order valence-electron chi connectivity index (χ3n) is 4.57. The Kier molecular flexibility index (Phi) is 6.43. The Morgan fingerprint density at radius 1 is 1.17 bits per heavy atom. The molecule has 0 unspecified atom stereocenters. The van der Waals surface area contributed by atoms with Crippen molar-refractivity contribution in [1.82, 2.24) is 24.9 Å². The minimum atomic E-state index is -0.373. The molecule has 154 valence electrons. The number of nitrogens with one attached hydrogen (secondary N) is 1. The van der Waals surface area contributed by atoms with Crippen LogP contribution in [0.1, 0.15) is 31.7 Å². The highest BCUT2D eigenvalue weighted by molar-refractivity contribution is 5.83. The maximum atomic E-state index is 12.9. The molecule has 0 aliphatic heterocycles. The van der Waals surface area contributed by atoms with Crippen molar-refractivity contribution in [1.29, 1.82) is 0 Å². The lowest BCUT2D eigenvalue weighted by molar-refractivity contribution is -0.121. The molecule has 3 aromatic rings. The molecule has 0 radical (unpaired) electrons. The summed E-state index contributed by atoms with van der Waals surface area (Å²) in [4.78, 5) is 25.1. The molecule has 8 nitrogen and oxygen atoms in total. The number of aryl methyl sites for hydroxylation is 2. The summed E-state index contributed by atoms with van der Waals surface area (Å²) in [5.74, 6) is -0.262. The Hall–Kier alpha value is -3.00.